The molecule has 0 unspecified atom stereocenters. The molecule has 0 aliphatic heterocycles. The van der Waals surface area contributed by atoms with Gasteiger partial charge in [-0.3, -0.25) is 4.79 Å². The second-order valence-electron chi connectivity index (χ2n) is 3.85. The van der Waals surface area contributed by atoms with Crippen molar-refractivity contribution in [2.24, 2.45) is 5.73 Å². The minimum atomic E-state index is -0.0196. The van der Waals surface area contributed by atoms with Crippen molar-refractivity contribution in [1.82, 2.24) is 5.32 Å². The van der Waals surface area contributed by atoms with Crippen molar-refractivity contribution in [2.45, 2.75) is 19.8 Å². The molecule has 1 aromatic rings. The summed E-state index contributed by atoms with van der Waals surface area (Å²) in [6, 6.07) is 7.59. The summed E-state index contributed by atoms with van der Waals surface area (Å²) in [5.74, 6) is -0.0196. The topological polar surface area (TPSA) is 55.1 Å². The van der Waals surface area contributed by atoms with Crippen LogP contribution in [0.4, 0.5) is 0 Å². The minimum Gasteiger partial charge on any atom is -0.352 e. The largest absolute Gasteiger partial charge is 0.352 e. The number of carbonyl (C=O) groups excluding carboxylic acids is 1. The third kappa shape index (κ3) is 4.83. The van der Waals surface area contributed by atoms with Gasteiger partial charge >= 0.3 is 0 Å². The summed E-state index contributed by atoms with van der Waals surface area (Å²) in [6.07, 6.45) is 5.73. The normalized spacial score (nSPS) is 10.7. The van der Waals surface area contributed by atoms with Gasteiger partial charge in [0, 0.05) is 12.1 Å². The predicted octanol–water partition coefficient (Wildman–Crippen LogP) is 1.88. The molecule has 0 atom stereocenters. The van der Waals surface area contributed by atoms with E-state index in [9.17, 15) is 4.79 Å². The van der Waals surface area contributed by atoms with Crippen molar-refractivity contribution in [3.63, 3.8) is 0 Å². The molecule has 1 rings (SSSR count). The number of benzene rings is 1. The summed E-state index contributed by atoms with van der Waals surface area (Å²) < 4.78 is 0. The summed E-state index contributed by atoms with van der Waals surface area (Å²) >= 11 is 0. The van der Waals surface area contributed by atoms with Crippen LogP contribution in [0, 0.1) is 0 Å². The molecule has 3 heteroatoms. The van der Waals surface area contributed by atoms with Crippen LogP contribution in [0.2, 0.25) is 0 Å². The summed E-state index contributed by atoms with van der Waals surface area (Å²) in [5, 5.41) is 2.87. The zero-order valence-corrected chi connectivity index (χ0v) is 10.3. The van der Waals surface area contributed by atoms with E-state index in [1.54, 1.807) is 0 Å². The third-order valence-electron chi connectivity index (χ3n) is 2.48. The van der Waals surface area contributed by atoms with E-state index in [-0.39, 0.29) is 5.91 Å². The van der Waals surface area contributed by atoms with Gasteiger partial charge in [0.25, 0.3) is 5.91 Å². The van der Waals surface area contributed by atoms with Crippen LogP contribution in [0.3, 0.4) is 0 Å². The van der Waals surface area contributed by atoms with E-state index in [1.165, 1.54) is 0 Å². The summed E-state index contributed by atoms with van der Waals surface area (Å²) in [4.78, 5) is 11.7. The highest BCUT2D eigenvalue weighted by molar-refractivity contribution is 5.94. The maximum absolute atomic E-state index is 11.7. The first kappa shape index (κ1) is 13.5. The van der Waals surface area contributed by atoms with Crippen LogP contribution >= 0.6 is 0 Å². The van der Waals surface area contributed by atoms with E-state index >= 15 is 0 Å². The van der Waals surface area contributed by atoms with Crippen LogP contribution in [0.15, 0.2) is 36.4 Å². The van der Waals surface area contributed by atoms with Gasteiger partial charge in [0.2, 0.25) is 0 Å². The number of carbonyl (C=O) groups is 1. The molecule has 0 aliphatic carbocycles. The molecule has 1 aromatic carbocycles. The molecule has 0 radical (unpaired) electrons. The molecule has 0 bridgehead atoms. The number of amides is 1. The molecule has 0 spiro atoms. The molecule has 17 heavy (non-hydrogen) atoms. The number of rotatable bonds is 6. The lowest BCUT2D eigenvalue weighted by atomic mass is 10.1. The van der Waals surface area contributed by atoms with E-state index in [2.05, 4.69) is 5.32 Å². The van der Waals surface area contributed by atoms with Gasteiger partial charge in [0.15, 0.2) is 0 Å². The fourth-order valence-corrected chi connectivity index (χ4v) is 1.53. The predicted molar refractivity (Wildman–Crippen MR) is 71.0 cm³/mol. The average Bonchev–Trinajstić information content (AvgIpc) is 2.36. The van der Waals surface area contributed by atoms with Crippen LogP contribution in [0.25, 0.3) is 0 Å². The van der Waals surface area contributed by atoms with Crippen LogP contribution in [-0.2, 0) is 6.42 Å². The number of nitrogens with two attached hydrogens (primary N) is 1. The minimum absolute atomic E-state index is 0.0196. The molecular weight excluding hydrogens is 212 g/mol. The fraction of sp³-hybridized carbons (Fsp3) is 0.357. The van der Waals surface area contributed by atoms with Crippen molar-refractivity contribution in [1.29, 1.82) is 0 Å². The third-order valence-corrected chi connectivity index (χ3v) is 2.48. The molecule has 0 saturated heterocycles. The lowest BCUT2D eigenvalue weighted by Gasteiger charge is -2.04. The molecule has 92 valence electrons. The van der Waals surface area contributed by atoms with Gasteiger partial charge in [-0.2, -0.15) is 0 Å². The monoisotopic (exact) mass is 232 g/mol. The van der Waals surface area contributed by atoms with Crippen LogP contribution in [-0.4, -0.2) is 19.0 Å². The van der Waals surface area contributed by atoms with Crippen molar-refractivity contribution in [3.05, 3.63) is 47.5 Å². The maximum atomic E-state index is 11.7. The Bertz CT molecular complexity index is 368. The summed E-state index contributed by atoms with van der Waals surface area (Å²) in [5.41, 5.74) is 7.33. The highest BCUT2D eigenvalue weighted by Crippen LogP contribution is 2.04. The van der Waals surface area contributed by atoms with E-state index in [1.807, 2.05) is 43.3 Å². The zero-order valence-electron chi connectivity index (χ0n) is 10.3. The number of hydrogen-bond acceptors (Lipinski definition) is 2. The Hall–Kier alpha value is -1.61. The zero-order chi connectivity index (χ0) is 12.5. The second-order valence-corrected chi connectivity index (χ2v) is 3.85. The van der Waals surface area contributed by atoms with E-state index < -0.39 is 0 Å². The summed E-state index contributed by atoms with van der Waals surface area (Å²) in [7, 11) is 0. The van der Waals surface area contributed by atoms with E-state index in [0.717, 1.165) is 18.4 Å². The average molecular weight is 232 g/mol. The van der Waals surface area contributed by atoms with Gasteiger partial charge in [0.1, 0.15) is 0 Å². The standard InChI is InChI=1S/C14H20N2O/c1-2-3-4-11-16-14(17)13-7-5-12(6-8-13)9-10-15/h2-3,5-8H,4,9-11,15H2,1H3,(H,16,17)/b3-2+. The molecule has 1 amide bonds. The highest BCUT2D eigenvalue weighted by atomic mass is 16.1. The number of allylic oxidation sites excluding steroid dienone is 1. The first-order valence-corrected chi connectivity index (χ1v) is 5.96. The van der Waals surface area contributed by atoms with Gasteiger partial charge in [-0.1, -0.05) is 24.3 Å². The van der Waals surface area contributed by atoms with Crippen LogP contribution < -0.4 is 11.1 Å². The molecule has 0 saturated carbocycles. The van der Waals surface area contributed by atoms with Crippen molar-refractivity contribution < 1.29 is 4.79 Å². The van der Waals surface area contributed by atoms with Gasteiger partial charge in [0.05, 0.1) is 0 Å². The Kier molecular flexibility index (Phi) is 6.04. The smallest absolute Gasteiger partial charge is 0.251 e. The Balaban J connectivity index is 2.46. The van der Waals surface area contributed by atoms with Crippen LogP contribution in [0.5, 0.6) is 0 Å². The lowest BCUT2D eigenvalue weighted by molar-refractivity contribution is 0.0954. The molecule has 0 aromatic heterocycles. The Morgan fingerprint density at radius 1 is 1.35 bits per heavy atom. The van der Waals surface area contributed by atoms with Gasteiger partial charge in [-0.15, -0.1) is 0 Å². The van der Waals surface area contributed by atoms with Crippen LogP contribution in [0.1, 0.15) is 29.3 Å². The summed E-state index contributed by atoms with van der Waals surface area (Å²) in [6.45, 7) is 3.28. The first-order valence-electron chi connectivity index (χ1n) is 5.96. The van der Waals surface area contributed by atoms with E-state index in [4.69, 9.17) is 5.73 Å². The van der Waals surface area contributed by atoms with Gasteiger partial charge < -0.3 is 11.1 Å². The molecule has 0 fully saturated rings. The SMILES string of the molecule is C/C=C/CCNC(=O)c1ccc(CCN)cc1. The second kappa shape index (κ2) is 7.63. The van der Waals surface area contributed by atoms with Crippen molar-refractivity contribution in [2.75, 3.05) is 13.1 Å². The molecule has 0 aliphatic rings. The van der Waals surface area contributed by atoms with E-state index in [0.29, 0.717) is 18.7 Å². The van der Waals surface area contributed by atoms with Gasteiger partial charge in [-0.25, -0.2) is 0 Å². The maximum Gasteiger partial charge on any atom is 0.251 e. The Labute approximate surface area is 103 Å². The fourth-order valence-electron chi connectivity index (χ4n) is 1.53. The van der Waals surface area contributed by atoms with Crippen molar-refractivity contribution in [3.8, 4) is 0 Å². The molecule has 0 heterocycles. The molecular formula is C14H20N2O. The first-order chi connectivity index (χ1) is 8.27. The van der Waals surface area contributed by atoms with Crippen molar-refractivity contribution >= 4 is 5.91 Å². The molecule has 3 nitrogen and oxygen atoms in total. The quantitative estimate of drug-likeness (QED) is 0.581. The van der Waals surface area contributed by atoms with Gasteiger partial charge in [-0.05, 0) is 44.0 Å². The number of nitrogens with one attached hydrogen (secondary N) is 1. The lowest BCUT2D eigenvalue weighted by Crippen LogP contribution is -2.24. The Morgan fingerprint density at radius 3 is 2.65 bits per heavy atom. The highest BCUT2D eigenvalue weighted by Gasteiger charge is 2.03. The molecule has 3 N–H and O–H groups in total. The Morgan fingerprint density at radius 2 is 2.06 bits per heavy atom. The number of hydrogen-bond donors (Lipinski definition) is 2.